The molecule has 4 nitrogen and oxygen atoms in total. The van der Waals surface area contributed by atoms with Crippen LogP contribution in [0.15, 0.2) is 24.3 Å². The Morgan fingerprint density at radius 3 is 2.22 bits per heavy atom. The van der Waals surface area contributed by atoms with E-state index in [1.807, 2.05) is 20.8 Å². The molecule has 1 unspecified atom stereocenters. The Morgan fingerprint density at radius 1 is 0.973 bits per heavy atom. The first kappa shape index (κ1) is 27.9. The second-order valence-corrected chi connectivity index (χ2v) is 12.4. The largest absolute Gasteiger partial charge is 0.467 e. The Hall–Kier alpha value is -2.17. The summed E-state index contributed by atoms with van der Waals surface area (Å²) in [4.78, 5) is 15.9. The summed E-state index contributed by atoms with van der Waals surface area (Å²) in [7, 11) is 1.46. The monoisotopic (exact) mass is 505 g/mol. The van der Waals surface area contributed by atoms with Crippen molar-refractivity contribution in [2.24, 2.45) is 5.92 Å². The van der Waals surface area contributed by atoms with Crippen molar-refractivity contribution in [2.45, 2.75) is 111 Å². The second-order valence-electron chi connectivity index (χ2n) is 12.4. The normalized spacial score (nSPS) is 18.8. The van der Waals surface area contributed by atoms with Gasteiger partial charge >= 0.3 is 5.97 Å². The molecule has 4 heteroatoms. The molecule has 202 valence electrons. The molecule has 2 aliphatic rings. The van der Waals surface area contributed by atoms with E-state index in [1.54, 1.807) is 0 Å². The number of nitrogens with zero attached hydrogens (tertiary/aromatic N) is 1. The zero-order valence-corrected chi connectivity index (χ0v) is 24.4. The minimum Gasteiger partial charge on any atom is -0.467 e. The van der Waals surface area contributed by atoms with E-state index in [0.29, 0.717) is 6.04 Å². The van der Waals surface area contributed by atoms with Crippen LogP contribution < -0.4 is 0 Å². The van der Waals surface area contributed by atoms with Crippen LogP contribution in [0.5, 0.6) is 0 Å². The molecule has 1 fully saturated rings. The third kappa shape index (κ3) is 5.96. The number of hydrogen-bond donors (Lipinski definition) is 0. The standard InChI is InChI=1S/C33H47NO3/c1-21-14-16-26(17-15-21)29-23(3)28-20-34(24(4)25-12-10-9-11-13-25)19-18-27(28)22(2)30(29)31(32(35)36-8)37-33(5,6)7/h14-17,24-25,31H,9-13,18-20H2,1-8H3/t24?,31-/m0/s1. The van der Waals surface area contributed by atoms with Gasteiger partial charge in [-0.05, 0) is 107 Å². The molecule has 1 aliphatic heterocycles. The Labute approximate surface area is 224 Å². The van der Waals surface area contributed by atoms with Gasteiger partial charge in [0.15, 0.2) is 6.10 Å². The zero-order valence-electron chi connectivity index (χ0n) is 24.4. The van der Waals surface area contributed by atoms with Gasteiger partial charge in [0.05, 0.1) is 12.7 Å². The lowest BCUT2D eigenvalue weighted by Crippen LogP contribution is -2.43. The number of methoxy groups -OCH3 is 1. The molecule has 0 bridgehead atoms. The highest BCUT2D eigenvalue weighted by Crippen LogP contribution is 2.43. The fourth-order valence-corrected chi connectivity index (χ4v) is 6.61. The quantitative estimate of drug-likeness (QED) is 0.378. The molecule has 1 heterocycles. The van der Waals surface area contributed by atoms with Crippen molar-refractivity contribution in [3.05, 3.63) is 57.6 Å². The minimum atomic E-state index is -0.774. The molecular formula is C33H47NO3. The lowest BCUT2D eigenvalue weighted by molar-refractivity contribution is -0.164. The highest BCUT2D eigenvalue weighted by molar-refractivity contribution is 5.85. The summed E-state index contributed by atoms with van der Waals surface area (Å²) < 4.78 is 11.7. The van der Waals surface area contributed by atoms with Crippen LogP contribution in [0.2, 0.25) is 0 Å². The molecule has 0 N–H and O–H groups in total. The lowest BCUT2D eigenvalue weighted by Gasteiger charge is -2.41. The molecule has 0 aromatic heterocycles. The number of fused-ring (bicyclic) bond motifs is 1. The minimum absolute atomic E-state index is 0.339. The van der Waals surface area contributed by atoms with Crippen LogP contribution in [-0.2, 0) is 27.2 Å². The van der Waals surface area contributed by atoms with E-state index in [2.05, 4.69) is 56.9 Å². The van der Waals surface area contributed by atoms with Crippen molar-refractivity contribution in [2.75, 3.05) is 13.7 Å². The summed E-state index contributed by atoms with van der Waals surface area (Å²) >= 11 is 0. The average Bonchev–Trinajstić information content (AvgIpc) is 2.89. The van der Waals surface area contributed by atoms with Crippen molar-refractivity contribution < 1.29 is 14.3 Å². The van der Waals surface area contributed by atoms with Gasteiger partial charge in [0.25, 0.3) is 0 Å². The van der Waals surface area contributed by atoms with Crippen LogP contribution in [-0.4, -0.2) is 36.2 Å². The maximum absolute atomic E-state index is 13.2. The average molecular weight is 506 g/mol. The highest BCUT2D eigenvalue weighted by atomic mass is 16.6. The number of aryl methyl sites for hydroxylation is 1. The molecule has 2 aromatic rings. The molecule has 4 rings (SSSR count). The van der Waals surface area contributed by atoms with E-state index in [-0.39, 0.29) is 5.97 Å². The Bertz CT molecular complexity index is 1110. The summed E-state index contributed by atoms with van der Waals surface area (Å²) in [5, 5.41) is 0. The number of hydrogen-bond acceptors (Lipinski definition) is 4. The molecule has 1 aliphatic carbocycles. The predicted molar refractivity (Wildman–Crippen MR) is 152 cm³/mol. The molecule has 37 heavy (non-hydrogen) atoms. The van der Waals surface area contributed by atoms with E-state index in [0.717, 1.165) is 42.1 Å². The van der Waals surface area contributed by atoms with Crippen molar-refractivity contribution in [3.8, 4) is 11.1 Å². The van der Waals surface area contributed by atoms with Crippen LogP contribution in [0.3, 0.4) is 0 Å². The molecule has 1 saturated carbocycles. The molecule has 2 atom stereocenters. The summed E-state index contributed by atoms with van der Waals surface area (Å²) in [6.45, 7) is 17.0. The van der Waals surface area contributed by atoms with Gasteiger partial charge in [0.2, 0.25) is 0 Å². The van der Waals surface area contributed by atoms with E-state index in [1.165, 1.54) is 67.0 Å². The van der Waals surface area contributed by atoms with Crippen LogP contribution >= 0.6 is 0 Å². The summed E-state index contributed by atoms with van der Waals surface area (Å²) in [5.41, 5.74) is 9.23. The smallest absolute Gasteiger partial charge is 0.339 e. The predicted octanol–water partition coefficient (Wildman–Crippen LogP) is 7.63. The lowest BCUT2D eigenvalue weighted by atomic mass is 9.78. The van der Waals surface area contributed by atoms with Gasteiger partial charge < -0.3 is 9.47 Å². The van der Waals surface area contributed by atoms with E-state index < -0.39 is 11.7 Å². The summed E-state index contributed by atoms with van der Waals surface area (Å²) in [6.07, 6.45) is 7.10. The maximum Gasteiger partial charge on any atom is 0.339 e. The summed E-state index contributed by atoms with van der Waals surface area (Å²) in [6, 6.07) is 9.28. The molecule has 0 radical (unpaired) electrons. The second kappa shape index (κ2) is 11.3. The number of benzene rings is 2. The van der Waals surface area contributed by atoms with Gasteiger partial charge in [-0.15, -0.1) is 0 Å². The van der Waals surface area contributed by atoms with Gasteiger partial charge in [-0.3, -0.25) is 4.90 Å². The molecule has 0 amide bonds. The summed E-state index contributed by atoms with van der Waals surface area (Å²) in [5.74, 6) is 0.463. The van der Waals surface area contributed by atoms with Gasteiger partial charge in [-0.1, -0.05) is 49.1 Å². The van der Waals surface area contributed by atoms with Crippen molar-refractivity contribution >= 4 is 5.97 Å². The Morgan fingerprint density at radius 2 is 1.62 bits per heavy atom. The van der Waals surface area contributed by atoms with Gasteiger partial charge in [-0.25, -0.2) is 4.79 Å². The third-order valence-electron chi connectivity index (χ3n) is 8.73. The first-order chi connectivity index (χ1) is 17.5. The zero-order chi connectivity index (χ0) is 26.9. The van der Waals surface area contributed by atoms with Crippen LogP contribution in [0, 0.1) is 26.7 Å². The van der Waals surface area contributed by atoms with Gasteiger partial charge in [-0.2, -0.15) is 0 Å². The molecule has 0 saturated heterocycles. The van der Waals surface area contributed by atoms with Crippen molar-refractivity contribution in [1.82, 2.24) is 4.90 Å². The fourth-order valence-electron chi connectivity index (χ4n) is 6.61. The Balaban J connectivity index is 1.86. The van der Waals surface area contributed by atoms with Crippen LogP contribution in [0.1, 0.15) is 99.3 Å². The van der Waals surface area contributed by atoms with Gasteiger partial charge in [0.1, 0.15) is 0 Å². The maximum atomic E-state index is 13.2. The number of rotatable bonds is 6. The van der Waals surface area contributed by atoms with Crippen molar-refractivity contribution in [1.29, 1.82) is 0 Å². The first-order valence-corrected chi connectivity index (χ1v) is 14.2. The molecular weight excluding hydrogens is 458 g/mol. The first-order valence-electron chi connectivity index (χ1n) is 14.2. The highest BCUT2D eigenvalue weighted by Gasteiger charge is 2.36. The number of ether oxygens (including phenoxy) is 2. The molecule has 0 spiro atoms. The SMILES string of the molecule is COC(=O)[C@@H](OC(C)(C)C)c1c(C)c2c(c(C)c1-c1ccc(C)cc1)CN(C(C)C1CCCCC1)CC2. The number of carbonyl (C=O) groups is 1. The van der Waals surface area contributed by atoms with Gasteiger partial charge in [0, 0.05) is 24.7 Å². The van der Waals surface area contributed by atoms with Crippen molar-refractivity contribution in [3.63, 3.8) is 0 Å². The number of carbonyl (C=O) groups excluding carboxylic acids is 1. The van der Waals surface area contributed by atoms with E-state index in [9.17, 15) is 4.79 Å². The van der Waals surface area contributed by atoms with E-state index >= 15 is 0 Å². The van der Waals surface area contributed by atoms with E-state index in [4.69, 9.17) is 9.47 Å². The van der Waals surface area contributed by atoms with Crippen LogP contribution in [0.4, 0.5) is 0 Å². The third-order valence-corrected chi connectivity index (χ3v) is 8.73. The molecule has 2 aromatic carbocycles. The number of esters is 1. The Kier molecular flexibility index (Phi) is 8.50. The topological polar surface area (TPSA) is 38.8 Å². The van der Waals surface area contributed by atoms with Crippen LogP contribution in [0.25, 0.3) is 11.1 Å². The fraction of sp³-hybridized carbons (Fsp3) is 0.606.